The molecule has 164 valence electrons. The molecule has 0 aromatic heterocycles. The van der Waals surface area contributed by atoms with Crippen molar-refractivity contribution in [3.63, 3.8) is 0 Å². The Morgan fingerprint density at radius 2 is 1.88 bits per heavy atom. The first-order valence-corrected chi connectivity index (χ1v) is 11.5. The number of benzene rings is 3. The van der Waals surface area contributed by atoms with E-state index in [1.165, 1.54) is 40.7 Å². The van der Waals surface area contributed by atoms with Gasteiger partial charge in [0.2, 0.25) is 0 Å². The van der Waals surface area contributed by atoms with Crippen molar-refractivity contribution in [3.8, 4) is 0 Å². The maximum Gasteiger partial charge on any atom is 0.274 e. The van der Waals surface area contributed by atoms with Gasteiger partial charge < -0.3 is 5.32 Å². The zero-order valence-electron chi connectivity index (χ0n) is 16.9. The number of nitro groups is 1. The van der Waals surface area contributed by atoms with Crippen molar-refractivity contribution in [2.45, 2.75) is 18.2 Å². The van der Waals surface area contributed by atoms with Crippen LogP contribution in [0.1, 0.15) is 21.5 Å². The van der Waals surface area contributed by atoms with Crippen LogP contribution in [0.5, 0.6) is 0 Å². The van der Waals surface area contributed by atoms with Crippen molar-refractivity contribution in [2.24, 2.45) is 0 Å². The standard InChI is InChI=1S/C22H18ClN3O5S/c1-14-6-8-17(13-20(14)26(28)29)24-22(27)16-7-9-18(23)21(12-16)32(30,31)25-11-10-15-4-2-3-5-19(15)25/h2-9,12-13H,10-11H2,1H3,(H,24,27). The van der Waals surface area contributed by atoms with Crippen LogP contribution < -0.4 is 9.62 Å². The minimum Gasteiger partial charge on any atom is -0.322 e. The van der Waals surface area contributed by atoms with Crippen molar-refractivity contribution in [1.29, 1.82) is 0 Å². The van der Waals surface area contributed by atoms with Crippen LogP contribution in [0.3, 0.4) is 0 Å². The van der Waals surface area contributed by atoms with E-state index in [1.807, 2.05) is 12.1 Å². The second-order valence-corrected chi connectivity index (χ2v) is 9.55. The molecule has 0 unspecified atom stereocenters. The molecule has 8 nitrogen and oxygen atoms in total. The lowest BCUT2D eigenvalue weighted by atomic mass is 10.1. The fourth-order valence-corrected chi connectivity index (χ4v) is 5.61. The Kier molecular flexibility index (Phi) is 5.62. The number of halogens is 1. The maximum atomic E-state index is 13.3. The van der Waals surface area contributed by atoms with Crippen molar-refractivity contribution in [2.75, 3.05) is 16.2 Å². The summed E-state index contributed by atoms with van der Waals surface area (Å²) in [6, 6.07) is 15.5. The molecule has 0 aliphatic carbocycles. The van der Waals surface area contributed by atoms with E-state index < -0.39 is 20.9 Å². The molecule has 1 N–H and O–H groups in total. The number of para-hydroxylation sites is 1. The molecule has 0 atom stereocenters. The largest absolute Gasteiger partial charge is 0.322 e. The molecule has 3 aromatic rings. The summed E-state index contributed by atoms with van der Waals surface area (Å²) >= 11 is 6.21. The van der Waals surface area contributed by atoms with Gasteiger partial charge in [0.05, 0.1) is 15.6 Å². The number of sulfonamides is 1. The highest BCUT2D eigenvalue weighted by Gasteiger charge is 2.32. The third-order valence-corrected chi connectivity index (χ3v) is 7.56. The lowest BCUT2D eigenvalue weighted by Crippen LogP contribution is -2.29. The normalized spacial score (nSPS) is 13.0. The third-order valence-electron chi connectivity index (χ3n) is 5.27. The number of nitrogens with one attached hydrogen (secondary N) is 1. The number of carbonyl (C=O) groups excluding carboxylic acids is 1. The molecule has 1 aliphatic rings. The lowest BCUT2D eigenvalue weighted by Gasteiger charge is -2.20. The number of carbonyl (C=O) groups is 1. The summed E-state index contributed by atoms with van der Waals surface area (Å²) in [6.45, 7) is 1.87. The molecule has 0 saturated heterocycles. The number of rotatable bonds is 5. The minimum atomic E-state index is -4.00. The Hall–Kier alpha value is -3.43. The molecule has 0 spiro atoms. The number of fused-ring (bicyclic) bond motifs is 1. The first-order chi connectivity index (χ1) is 15.2. The van der Waals surface area contributed by atoms with E-state index in [0.29, 0.717) is 17.7 Å². The zero-order chi connectivity index (χ0) is 23.0. The maximum absolute atomic E-state index is 13.3. The number of amides is 1. The molecule has 0 radical (unpaired) electrons. The van der Waals surface area contributed by atoms with Crippen LogP contribution in [0.2, 0.25) is 5.02 Å². The van der Waals surface area contributed by atoms with Crippen LogP contribution >= 0.6 is 11.6 Å². The first kappa shape index (κ1) is 21.8. The van der Waals surface area contributed by atoms with Crippen molar-refractivity contribution in [3.05, 3.63) is 92.5 Å². The summed E-state index contributed by atoms with van der Waals surface area (Å²) in [6.07, 6.45) is 0.583. The van der Waals surface area contributed by atoms with E-state index in [1.54, 1.807) is 19.1 Å². The second-order valence-electron chi connectivity index (χ2n) is 7.31. The van der Waals surface area contributed by atoms with E-state index in [0.717, 1.165) is 5.56 Å². The fraction of sp³-hybridized carbons (Fsp3) is 0.136. The van der Waals surface area contributed by atoms with Crippen LogP contribution in [0.15, 0.2) is 65.6 Å². The number of hydrogen-bond acceptors (Lipinski definition) is 5. The monoisotopic (exact) mass is 471 g/mol. The van der Waals surface area contributed by atoms with Gasteiger partial charge in [-0.15, -0.1) is 0 Å². The smallest absolute Gasteiger partial charge is 0.274 e. The van der Waals surface area contributed by atoms with Gasteiger partial charge in [-0.3, -0.25) is 19.2 Å². The Morgan fingerprint density at radius 3 is 2.62 bits per heavy atom. The molecule has 10 heteroatoms. The van der Waals surface area contributed by atoms with Gasteiger partial charge in [-0.2, -0.15) is 0 Å². The molecule has 1 heterocycles. The van der Waals surface area contributed by atoms with E-state index in [4.69, 9.17) is 11.6 Å². The SMILES string of the molecule is Cc1ccc(NC(=O)c2ccc(Cl)c(S(=O)(=O)N3CCc4ccccc43)c2)cc1[N+](=O)[O-]. The highest BCUT2D eigenvalue weighted by atomic mass is 35.5. The highest BCUT2D eigenvalue weighted by Crippen LogP contribution is 2.35. The molecular formula is C22H18ClN3O5S. The molecule has 4 rings (SSSR count). The Labute approximate surface area is 189 Å². The molecule has 0 bridgehead atoms. The summed E-state index contributed by atoms with van der Waals surface area (Å²) in [4.78, 5) is 23.2. The number of nitro benzene ring substituents is 1. The Balaban J connectivity index is 1.65. The molecule has 0 saturated carbocycles. The molecule has 1 amide bonds. The summed E-state index contributed by atoms with van der Waals surface area (Å²) < 4.78 is 28.0. The molecule has 32 heavy (non-hydrogen) atoms. The fourth-order valence-electron chi connectivity index (χ4n) is 3.61. The Morgan fingerprint density at radius 1 is 1.12 bits per heavy atom. The number of hydrogen-bond donors (Lipinski definition) is 1. The van der Waals surface area contributed by atoms with E-state index in [-0.39, 0.29) is 33.4 Å². The predicted molar refractivity (Wildman–Crippen MR) is 122 cm³/mol. The van der Waals surface area contributed by atoms with Gasteiger partial charge in [-0.05, 0) is 49.2 Å². The molecule has 0 fully saturated rings. The van der Waals surface area contributed by atoms with E-state index in [9.17, 15) is 23.3 Å². The lowest BCUT2D eigenvalue weighted by molar-refractivity contribution is -0.385. The number of anilines is 2. The van der Waals surface area contributed by atoms with Crippen LogP contribution in [0.4, 0.5) is 17.1 Å². The van der Waals surface area contributed by atoms with Gasteiger partial charge in [-0.1, -0.05) is 35.9 Å². The molecule has 3 aromatic carbocycles. The Bertz CT molecular complexity index is 1360. The van der Waals surface area contributed by atoms with Crippen LogP contribution in [-0.2, 0) is 16.4 Å². The first-order valence-electron chi connectivity index (χ1n) is 9.65. The zero-order valence-corrected chi connectivity index (χ0v) is 18.5. The van der Waals surface area contributed by atoms with Crippen LogP contribution in [0, 0.1) is 17.0 Å². The number of nitrogens with zero attached hydrogens (tertiary/aromatic N) is 2. The van der Waals surface area contributed by atoms with Gasteiger partial charge in [-0.25, -0.2) is 8.42 Å². The van der Waals surface area contributed by atoms with Crippen molar-refractivity contribution in [1.82, 2.24) is 0 Å². The molecular weight excluding hydrogens is 454 g/mol. The van der Waals surface area contributed by atoms with Gasteiger partial charge in [0.15, 0.2) is 0 Å². The predicted octanol–water partition coefficient (Wildman–Crippen LogP) is 4.56. The molecule has 1 aliphatic heterocycles. The van der Waals surface area contributed by atoms with Crippen LogP contribution in [0.25, 0.3) is 0 Å². The number of aryl methyl sites for hydroxylation is 1. The highest BCUT2D eigenvalue weighted by molar-refractivity contribution is 7.93. The second kappa shape index (κ2) is 8.25. The van der Waals surface area contributed by atoms with Crippen LogP contribution in [-0.4, -0.2) is 25.8 Å². The summed E-state index contributed by atoms with van der Waals surface area (Å²) in [7, 11) is -4.00. The minimum absolute atomic E-state index is 0.00287. The average molecular weight is 472 g/mol. The summed E-state index contributed by atoms with van der Waals surface area (Å²) in [5.41, 5.74) is 2.12. The van der Waals surface area contributed by atoms with Crippen molar-refractivity contribution < 1.29 is 18.1 Å². The van der Waals surface area contributed by atoms with Gasteiger partial charge in [0, 0.05) is 29.4 Å². The summed E-state index contributed by atoms with van der Waals surface area (Å²) in [5, 5.41) is 13.7. The van der Waals surface area contributed by atoms with Crippen molar-refractivity contribution >= 4 is 44.6 Å². The van der Waals surface area contributed by atoms with Gasteiger partial charge >= 0.3 is 0 Å². The van der Waals surface area contributed by atoms with E-state index >= 15 is 0 Å². The van der Waals surface area contributed by atoms with E-state index in [2.05, 4.69) is 5.32 Å². The van der Waals surface area contributed by atoms with Gasteiger partial charge in [0.1, 0.15) is 4.90 Å². The third kappa shape index (κ3) is 3.92. The average Bonchev–Trinajstić information content (AvgIpc) is 3.20. The topological polar surface area (TPSA) is 110 Å². The quantitative estimate of drug-likeness (QED) is 0.433. The van der Waals surface area contributed by atoms with Gasteiger partial charge in [0.25, 0.3) is 21.6 Å². The summed E-state index contributed by atoms with van der Waals surface area (Å²) in [5.74, 6) is -0.613.